The summed E-state index contributed by atoms with van der Waals surface area (Å²) in [6.45, 7) is -0.0310. The van der Waals surface area contributed by atoms with Gasteiger partial charge in [-0.25, -0.2) is 0 Å². The van der Waals surface area contributed by atoms with Crippen molar-refractivity contribution in [3.63, 3.8) is 0 Å². The summed E-state index contributed by atoms with van der Waals surface area (Å²) in [4.78, 5) is 48.4. The lowest BCUT2D eigenvalue weighted by Crippen LogP contribution is -2.38. The summed E-state index contributed by atoms with van der Waals surface area (Å²) in [5.41, 5.74) is 4.25. The quantitative estimate of drug-likeness (QED) is 0.0597. The molecule has 94 heavy (non-hydrogen) atoms. The van der Waals surface area contributed by atoms with Crippen molar-refractivity contribution in [1.29, 1.82) is 0 Å². The number of carbonyl (C=O) groups excluding carboxylic acids is 3. The maximum atomic E-state index is 17.6. The van der Waals surface area contributed by atoms with E-state index >= 15 is 9.59 Å². The topological polar surface area (TPSA) is 90.9 Å². The molecule has 0 aromatic heterocycles. The van der Waals surface area contributed by atoms with E-state index in [1.165, 1.54) is 309 Å². The molecule has 1 saturated carbocycles. The number of ether oxygens (including phenoxy) is 3. The molecule has 0 radical (unpaired) electrons. The summed E-state index contributed by atoms with van der Waals surface area (Å²) in [6.07, 6.45) is 0. The summed E-state index contributed by atoms with van der Waals surface area (Å²) in [6, 6.07) is 28.0. The van der Waals surface area contributed by atoms with E-state index in [2.05, 4.69) is 29.6 Å². The molecule has 0 heterocycles. The first kappa shape index (κ1) is 40.4. The van der Waals surface area contributed by atoms with Gasteiger partial charge in [0.15, 0.2) is 5.41 Å². The van der Waals surface area contributed by atoms with Crippen LogP contribution in [0.3, 0.4) is 0 Å². The van der Waals surface area contributed by atoms with E-state index in [0.717, 1.165) is 22.3 Å². The van der Waals surface area contributed by atoms with Crippen molar-refractivity contribution in [2.24, 2.45) is 5.41 Å². The van der Waals surface area contributed by atoms with Gasteiger partial charge in [0, 0.05) is 0 Å². The lowest BCUT2D eigenvalue weighted by Gasteiger charge is -2.32. The Morgan fingerprint density at radius 1 is 0.309 bits per heavy atom. The molecule has 2 spiro atoms. The van der Waals surface area contributed by atoms with Crippen LogP contribution in [0.5, 0.6) is 0 Å². The smallest absolute Gasteiger partial charge is 0.326 e. The van der Waals surface area contributed by atoms with E-state index in [9.17, 15) is 4.79 Å². The summed E-state index contributed by atoms with van der Waals surface area (Å²) in [7, 11) is 1.54. The number of hydrogen-bond acceptors (Lipinski definition) is 7. The van der Waals surface area contributed by atoms with E-state index in [1.54, 1.807) is 10.8 Å². The first-order valence-corrected chi connectivity index (χ1v) is 33.6. The van der Waals surface area contributed by atoms with Crippen molar-refractivity contribution < 1.29 is 28.6 Å². The first-order valence-electron chi connectivity index (χ1n) is 33.6. The molecule has 0 atom stereocenters. The second-order valence-corrected chi connectivity index (χ2v) is 31.2. The summed E-state index contributed by atoms with van der Waals surface area (Å²) in [5, 5.41) is 81.4. The average Bonchev–Trinajstić information content (AvgIpc) is 1.36. The highest BCUT2D eigenvalue weighted by atomic mass is 16.6. The van der Waals surface area contributed by atoms with E-state index < -0.39 is 28.2 Å². The van der Waals surface area contributed by atoms with Gasteiger partial charge in [0.05, 0.1) is 30.5 Å². The number of benzene rings is 21. The Balaban J connectivity index is 0.701. The van der Waals surface area contributed by atoms with Crippen molar-refractivity contribution in [1.82, 2.24) is 5.32 Å². The largest absolute Gasteiger partial charge is 0.468 e. The Labute approximate surface area is 518 Å². The van der Waals surface area contributed by atoms with Gasteiger partial charge in [-0.3, -0.25) is 19.7 Å². The van der Waals surface area contributed by atoms with Crippen LogP contribution in [0.2, 0.25) is 0 Å². The Morgan fingerprint density at radius 3 is 0.809 bits per heavy atom. The lowest BCUT2D eigenvalue weighted by molar-refractivity contribution is -0.165. The second-order valence-electron chi connectivity index (χ2n) is 31.2. The van der Waals surface area contributed by atoms with Crippen molar-refractivity contribution in [2.75, 3.05) is 13.7 Å². The Bertz CT molecular complexity index is 8110. The third-order valence-electron chi connectivity index (χ3n) is 29.7. The zero-order valence-corrected chi connectivity index (χ0v) is 48.7. The second kappa shape index (κ2) is 10.4. The van der Waals surface area contributed by atoms with Crippen LogP contribution in [-0.4, -0.2) is 31.6 Å². The minimum Gasteiger partial charge on any atom is -0.468 e. The predicted octanol–water partition coefficient (Wildman–Crippen LogP) is 19.6. The third kappa shape index (κ3) is 2.62. The minimum atomic E-state index is -1.85. The number of carbonyl (C=O) groups is 3. The first-order chi connectivity index (χ1) is 46.5. The van der Waals surface area contributed by atoms with Gasteiger partial charge >= 0.3 is 17.9 Å². The normalized spacial score (nSPS) is 20.9. The molecule has 7 nitrogen and oxygen atoms in total. The molecule has 1 N–H and O–H groups in total. The number of nitrogens with one attached hydrogen (secondary N) is 1. The summed E-state index contributed by atoms with van der Waals surface area (Å²) >= 11 is 0. The van der Waals surface area contributed by atoms with Crippen LogP contribution in [0.4, 0.5) is 0 Å². The lowest BCUT2D eigenvalue weighted by atomic mass is 9.68. The molecular weight excluding hydrogens is 1150 g/mol. The number of hydrogen-bond donors (Lipinski definition) is 1. The highest BCUT2D eigenvalue weighted by Gasteiger charge is 3.01. The highest BCUT2D eigenvalue weighted by Crippen LogP contribution is 2.96. The summed E-state index contributed by atoms with van der Waals surface area (Å²) in [5.74, 6) is -1.38. The van der Waals surface area contributed by atoms with Gasteiger partial charge < -0.3 is 14.2 Å². The van der Waals surface area contributed by atoms with E-state index in [4.69, 9.17) is 14.2 Å². The Kier molecular flexibility index (Phi) is 4.46. The van der Waals surface area contributed by atoms with Crippen molar-refractivity contribution >= 4 is 309 Å². The molecule has 5 aliphatic rings. The van der Waals surface area contributed by atoms with Gasteiger partial charge in [-0.1, -0.05) is 78.9 Å². The van der Waals surface area contributed by atoms with Crippen LogP contribution in [-0.2, 0) is 52.6 Å². The molecule has 414 valence electrons. The molecule has 0 unspecified atom stereocenters. The van der Waals surface area contributed by atoms with Gasteiger partial charge in [0.25, 0.3) is 0 Å². The minimum absolute atomic E-state index is 0.00890. The van der Waals surface area contributed by atoms with Crippen molar-refractivity contribution in [2.45, 2.75) is 30.1 Å². The average molecular weight is 1180 g/mol. The maximum absolute atomic E-state index is 17.6. The van der Waals surface area contributed by atoms with Gasteiger partial charge in [-0.2, -0.15) is 0 Å². The van der Waals surface area contributed by atoms with Crippen LogP contribution in [0.15, 0.2) is 84.9 Å². The Morgan fingerprint density at radius 2 is 0.553 bits per heavy atom. The van der Waals surface area contributed by atoms with Crippen LogP contribution in [0, 0.1) is 5.41 Å². The van der Waals surface area contributed by atoms with Gasteiger partial charge in [-0.05, 0) is 341 Å². The van der Waals surface area contributed by atoms with Gasteiger partial charge in [0.1, 0.15) is 13.2 Å². The fourth-order valence-corrected chi connectivity index (χ4v) is 28.6. The fraction of sp³-hybridized carbons (Fsp3) is 0.0920. The molecule has 0 aliphatic heterocycles. The van der Waals surface area contributed by atoms with Gasteiger partial charge in [0.2, 0.25) is 0 Å². The van der Waals surface area contributed by atoms with E-state index in [0.29, 0.717) is 0 Å². The molecule has 0 amide bonds. The Hall–Kier alpha value is -11.5. The number of rotatable bonds is 11. The standard InChI is InChI=1S/C87H25NO6/c1-92-83(90)87(84(91)94-18-20-10-8-9-19(15-20)17-93-23(89)16-88-82(21-11-4-2-5-12-21)22-13-6-3-7-14-22)85-78-70-62-52-42-34-26-24-25-28-32-30(26)38-46-40(32)50-44-36(28)37-29(25)33-31-27(24)35(34)43-49-39(31)47-41(33)51-45(37)55-54(44)64-58(50)68-60(46)66(56(62)48(38)42)74(78)76(68)80-72(64)73-65(55)59(51)69-61(47)67-57(49)63(53(43)52)71(70)79(85)75(67)77(69)81(73)86(80,85)87/h2-15,82,88H,16-18H2,1H3. The SMILES string of the molecule is COC(=O)C1(C(=O)OCc2cccc(COC(=O)CNC(c3ccccc3)c3ccccc3)c2)C23c4c5c6c7c8c9c(c%10c%11c2c2c4c4c%12c5c5c6c6c8c8c%13c9c9c%10c%10c%11c%11c2c2c4c4c%12c%12c5c5c6c8c6c8c%13c9c9c%10c%10c%11c2c2c4c4c%12c5c6c5c8c9c%10c2c45)C713. The molecule has 7 heteroatoms. The monoisotopic (exact) mass is 1180 g/mol. The van der Waals surface area contributed by atoms with Crippen LogP contribution >= 0.6 is 0 Å². The molecule has 5 aliphatic carbocycles. The van der Waals surface area contributed by atoms with E-state index in [-0.39, 0.29) is 31.8 Å². The van der Waals surface area contributed by atoms with Crippen LogP contribution < -0.4 is 5.32 Å². The summed E-state index contributed by atoms with van der Waals surface area (Å²) < 4.78 is 19.8. The van der Waals surface area contributed by atoms with Crippen LogP contribution in [0.25, 0.3) is 291 Å². The predicted molar refractivity (Wildman–Crippen MR) is 377 cm³/mol. The maximum Gasteiger partial charge on any atom is 0.326 e. The van der Waals surface area contributed by atoms with E-state index in [1.807, 2.05) is 60.7 Å². The number of methoxy groups -OCH3 is 1. The van der Waals surface area contributed by atoms with Crippen LogP contribution in [0.1, 0.15) is 50.5 Å². The van der Waals surface area contributed by atoms with Gasteiger partial charge in [-0.15, -0.1) is 0 Å². The molecule has 36 rings (SSSR count). The fourth-order valence-electron chi connectivity index (χ4n) is 28.6. The number of esters is 3. The molecule has 1 fully saturated rings. The molecule has 0 bridgehead atoms. The molecule has 31 aromatic rings. The molecule has 31 aromatic carbocycles. The third-order valence-corrected chi connectivity index (χ3v) is 29.7. The van der Waals surface area contributed by atoms with Crippen molar-refractivity contribution in [3.8, 4) is 0 Å². The zero-order valence-electron chi connectivity index (χ0n) is 48.7. The highest BCUT2D eigenvalue weighted by molar-refractivity contribution is 6.82. The zero-order chi connectivity index (χ0) is 58.5. The molecule has 0 saturated heterocycles. The molecular formula is C87H25NO6. The van der Waals surface area contributed by atoms with Crippen molar-refractivity contribution in [3.05, 3.63) is 129 Å².